The van der Waals surface area contributed by atoms with Crippen molar-refractivity contribution in [1.82, 2.24) is 5.32 Å². The van der Waals surface area contributed by atoms with Gasteiger partial charge in [-0.2, -0.15) is 0 Å². The number of rotatable bonds is 3. The third-order valence-corrected chi connectivity index (χ3v) is 12.6. The lowest BCUT2D eigenvalue weighted by molar-refractivity contribution is -0.346. The van der Waals surface area contributed by atoms with Crippen molar-refractivity contribution in [3.63, 3.8) is 0 Å². The quantitative estimate of drug-likeness (QED) is 0.195. The van der Waals surface area contributed by atoms with Crippen LogP contribution in [0.25, 0.3) is 6.08 Å². The molecule has 2 heterocycles. The van der Waals surface area contributed by atoms with Gasteiger partial charge in [-0.15, -0.1) is 0 Å². The van der Waals surface area contributed by atoms with Crippen LogP contribution in [0.2, 0.25) is 0 Å². The average molecular weight is 810 g/mol. The van der Waals surface area contributed by atoms with E-state index in [2.05, 4.69) is 5.32 Å². The first-order valence-corrected chi connectivity index (χ1v) is 19.2. The summed E-state index contributed by atoms with van der Waals surface area (Å²) in [6, 6.07) is 4.85. The first-order valence-electron chi connectivity index (χ1n) is 19.2. The summed E-state index contributed by atoms with van der Waals surface area (Å²) in [7, 11) is 0. The molecule has 1 aromatic rings. The van der Waals surface area contributed by atoms with Gasteiger partial charge >= 0.3 is 30.0 Å². The molecule has 0 radical (unpaired) electrons. The molecule has 0 aromatic heterocycles. The van der Waals surface area contributed by atoms with Crippen LogP contribution in [-0.4, -0.2) is 118 Å². The number of ketones is 1. The summed E-state index contributed by atoms with van der Waals surface area (Å²) in [6.07, 6.45) is -6.95. The number of carbonyl (C=O) groups is 6. The Kier molecular flexibility index (Phi) is 11.3. The smallest absolute Gasteiger partial charge is 0.408 e. The topological polar surface area (TPSA) is 231 Å². The second-order valence-electron chi connectivity index (χ2n) is 16.8. The zero-order valence-electron chi connectivity index (χ0n) is 33.7. The molecule has 2 aliphatic heterocycles. The van der Waals surface area contributed by atoms with Crippen molar-refractivity contribution < 1.29 is 72.5 Å². The number of Topliss-reactive ketones (excluding diaryl/α,β-unsaturated/α-hetero) is 1. The number of nitrogens with one attached hydrogen (secondary N) is 1. The summed E-state index contributed by atoms with van der Waals surface area (Å²) in [5, 5.41) is 39.5. The molecule has 5 aliphatic rings. The van der Waals surface area contributed by atoms with Crippen LogP contribution in [0.4, 0.5) is 4.79 Å². The second-order valence-corrected chi connectivity index (χ2v) is 16.8. The summed E-state index contributed by atoms with van der Waals surface area (Å²) in [4.78, 5) is 82.6. The largest absolute Gasteiger partial charge is 0.456 e. The first-order chi connectivity index (χ1) is 27.1. The first kappa shape index (κ1) is 42.7. The molecule has 5 bridgehead atoms. The van der Waals surface area contributed by atoms with Crippen molar-refractivity contribution in [2.24, 2.45) is 16.7 Å². The summed E-state index contributed by atoms with van der Waals surface area (Å²) < 4.78 is 35.4. The Hall–Kier alpha value is -4.90. The number of hydrogen-bond acceptors (Lipinski definition) is 15. The highest BCUT2D eigenvalue weighted by molar-refractivity contribution is 5.95. The number of cyclic esters (lactones) is 1. The number of hydrogen-bond donors (Lipinski definition) is 4. The molecule has 6 rings (SSSR count). The molecule has 1 amide bonds. The SMILES string of the molecule is CC(=O)O[C@H]1C(=O)[C@@]2(C)[C@H]([C@@H]3OC(=O)c4cccc(c4)/C=C/COC(=O)N[C@@H](C=C(C)C)[C@@H](O)C(=O)O[C@H]4C[C@]3(O)C(C)(C)C1=C4C)[C@]1(OC(C)=O)CO[C@@H]1C[C@@H]2O. The van der Waals surface area contributed by atoms with Gasteiger partial charge in [-0.3, -0.25) is 14.4 Å². The number of aliphatic hydroxyl groups is 3. The highest BCUT2D eigenvalue weighted by atomic mass is 16.6. The normalized spacial score (nSPS) is 37.8. The lowest BCUT2D eigenvalue weighted by Gasteiger charge is -2.67. The molecule has 1 saturated heterocycles. The minimum atomic E-state index is -2.38. The van der Waals surface area contributed by atoms with Crippen LogP contribution in [0.3, 0.4) is 0 Å². The number of ether oxygens (including phenoxy) is 6. The van der Waals surface area contributed by atoms with Crippen molar-refractivity contribution in [3.05, 3.63) is 64.3 Å². The summed E-state index contributed by atoms with van der Waals surface area (Å²) in [5.41, 5.74) is -6.58. The van der Waals surface area contributed by atoms with E-state index >= 15 is 4.79 Å². The van der Waals surface area contributed by atoms with Gasteiger partial charge in [0.05, 0.1) is 35.6 Å². The monoisotopic (exact) mass is 809 g/mol. The third kappa shape index (κ3) is 7.03. The van der Waals surface area contributed by atoms with Crippen molar-refractivity contribution in [2.45, 2.75) is 122 Å². The molecule has 3 fully saturated rings. The van der Waals surface area contributed by atoms with Crippen molar-refractivity contribution in [2.75, 3.05) is 13.2 Å². The van der Waals surface area contributed by atoms with Crippen molar-refractivity contribution in [1.29, 1.82) is 0 Å². The lowest BCUT2D eigenvalue weighted by Crippen LogP contribution is -2.82. The maximum atomic E-state index is 15.4. The maximum Gasteiger partial charge on any atom is 0.408 e. The van der Waals surface area contributed by atoms with E-state index in [1.165, 1.54) is 38.1 Å². The van der Waals surface area contributed by atoms with Gasteiger partial charge in [0, 0.05) is 32.1 Å². The summed E-state index contributed by atoms with van der Waals surface area (Å²) >= 11 is 0. The fourth-order valence-electron chi connectivity index (χ4n) is 9.63. The highest BCUT2D eigenvalue weighted by Gasteiger charge is 2.78. The number of amides is 1. The maximum absolute atomic E-state index is 15.4. The van der Waals surface area contributed by atoms with Gasteiger partial charge in [0.2, 0.25) is 0 Å². The predicted octanol–water partition coefficient (Wildman–Crippen LogP) is 2.65. The van der Waals surface area contributed by atoms with E-state index in [0.29, 0.717) is 11.1 Å². The Morgan fingerprint density at radius 1 is 1.00 bits per heavy atom. The van der Waals surface area contributed by atoms with E-state index in [1.54, 1.807) is 45.9 Å². The molecular formula is C42H51NO15. The molecule has 16 heteroatoms. The number of fused-ring (bicyclic) bond motifs is 8. The van der Waals surface area contributed by atoms with Crippen LogP contribution in [-0.2, 0) is 47.6 Å². The minimum absolute atomic E-state index is 0.00393. The van der Waals surface area contributed by atoms with E-state index < -0.39 is 113 Å². The number of aliphatic hydroxyl groups excluding tert-OH is 2. The predicted molar refractivity (Wildman–Crippen MR) is 201 cm³/mol. The molecule has 58 heavy (non-hydrogen) atoms. The number of benzene rings is 1. The van der Waals surface area contributed by atoms with Gasteiger partial charge in [-0.05, 0) is 62.6 Å². The van der Waals surface area contributed by atoms with Gasteiger partial charge in [-0.25, -0.2) is 14.4 Å². The van der Waals surface area contributed by atoms with E-state index in [4.69, 9.17) is 28.4 Å². The van der Waals surface area contributed by atoms with Crippen LogP contribution in [0.5, 0.6) is 0 Å². The minimum Gasteiger partial charge on any atom is -0.456 e. The Morgan fingerprint density at radius 3 is 2.33 bits per heavy atom. The molecule has 0 unspecified atom stereocenters. The van der Waals surface area contributed by atoms with E-state index in [1.807, 2.05) is 0 Å². The van der Waals surface area contributed by atoms with E-state index in [0.717, 1.165) is 13.8 Å². The van der Waals surface area contributed by atoms with Gasteiger partial charge < -0.3 is 49.1 Å². The molecule has 314 valence electrons. The highest BCUT2D eigenvalue weighted by Crippen LogP contribution is 2.64. The fraction of sp³-hybridized carbons (Fsp3) is 0.571. The Balaban J connectivity index is 1.65. The van der Waals surface area contributed by atoms with E-state index in [9.17, 15) is 39.3 Å². The van der Waals surface area contributed by atoms with E-state index in [-0.39, 0.29) is 36.3 Å². The van der Waals surface area contributed by atoms with Crippen molar-refractivity contribution in [3.8, 4) is 0 Å². The van der Waals surface area contributed by atoms with Crippen LogP contribution in [0, 0.1) is 16.7 Å². The van der Waals surface area contributed by atoms with Crippen LogP contribution >= 0.6 is 0 Å². The fourth-order valence-corrected chi connectivity index (χ4v) is 9.63. The zero-order chi connectivity index (χ0) is 42.7. The Labute approximate surface area is 335 Å². The molecule has 11 atom stereocenters. The van der Waals surface area contributed by atoms with Gasteiger partial charge in [0.25, 0.3) is 0 Å². The molecule has 3 aliphatic carbocycles. The standard InChI is InChI=1S/C42H51NO15/c1-20(2)15-26-31(47)37(50)56-27-18-42(52)35(57-36(49)25-13-9-11-24(16-25)12-10-14-53-38(51)43-26)33-40(8,28(46)17-29-41(33,19-54-29)58-23(5)45)34(48)32(55-22(4)44)30(21(27)3)39(42,6)7/h9-13,15-16,26-29,31-33,35,46-47,52H,14,17-19H2,1-8H3,(H,43,51)/b12-10+/t26-,27-,28-,29+,31+,32+,33-,35-,40+,41-,42+/m0/s1. The molecule has 16 nitrogen and oxygen atoms in total. The van der Waals surface area contributed by atoms with Gasteiger partial charge in [0.15, 0.2) is 23.6 Å². The summed E-state index contributed by atoms with van der Waals surface area (Å²) in [5.74, 6) is -6.31. The molecule has 2 saturated carbocycles. The van der Waals surface area contributed by atoms with Gasteiger partial charge in [-0.1, -0.05) is 43.7 Å². The van der Waals surface area contributed by atoms with Crippen LogP contribution < -0.4 is 5.32 Å². The third-order valence-electron chi connectivity index (χ3n) is 12.6. The van der Waals surface area contributed by atoms with Crippen LogP contribution in [0.1, 0.15) is 84.2 Å². The second kappa shape index (κ2) is 15.4. The Morgan fingerprint density at radius 2 is 1.71 bits per heavy atom. The molecule has 1 aromatic carbocycles. The van der Waals surface area contributed by atoms with Gasteiger partial charge in [0.1, 0.15) is 30.5 Å². The zero-order valence-corrected chi connectivity index (χ0v) is 33.7. The van der Waals surface area contributed by atoms with Crippen molar-refractivity contribution >= 4 is 41.8 Å². The Bertz CT molecular complexity index is 2000. The van der Waals surface area contributed by atoms with Crippen LogP contribution in [0.15, 0.2) is 53.1 Å². The number of alkyl carbamates (subject to hydrolysis) is 1. The number of allylic oxidation sites excluding steroid dienone is 1. The molecular weight excluding hydrogens is 758 g/mol. The summed E-state index contributed by atoms with van der Waals surface area (Å²) in [6.45, 7) is 11.1. The number of esters is 4. The molecule has 4 N–H and O–H groups in total. The average Bonchev–Trinajstić information content (AvgIpc) is 3.13. The number of carbonyl (C=O) groups excluding carboxylic acids is 6. The lowest BCUT2D eigenvalue weighted by atomic mass is 9.44. The molecule has 0 spiro atoms.